The first-order valence-electron chi connectivity index (χ1n) is 10.9. The molecule has 0 radical (unpaired) electrons. The van der Waals surface area contributed by atoms with Gasteiger partial charge in [-0.3, -0.25) is 25.2 Å². The van der Waals surface area contributed by atoms with E-state index in [9.17, 15) is 14.4 Å². The smallest absolute Gasteiger partial charge is 0.279 e. The predicted molar refractivity (Wildman–Crippen MR) is 123 cm³/mol. The summed E-state index contributed by atoms with van der Waals surface area (Å²) in [5.41, 5.74) is 5.43. The molecule has 1 saturated heterocycles. The number of nitrogens with one attached hydrogen (secondary N) is 2. The van der Waals surface area contributed by atoms with Crippen molar-refractivity contribution >= 4 is 34.2 Å². The topological polar surface area (TPSA) is 106 Å². The van der Waals surface area contributed by atoms with E-state index in [1.165, 1.54) is 4.90 Å². The van der Waals surface area contributed by atoms with Crippen LogP contribution in [0.5, 0.6) is 17.2 Å². The van der Waals surface area contributed by atoms with Crippen molar-refractivity contribution < 1.29 is 28.6 Å². The molecule has 3 aromatic rings. The molecule has 3 amide bonds. The minimum Gasteiger partial charge on any atom is -0.481 e. The second-order valence-corrected chi connectivity index (χ2v) is 8.19. The number of hydrogen-bond donors (Lipinski definition) is 2. The lowest BCUT2D eigenvalue weighted by molar-refractivity contribution is -0.134. The fourth-order valence-corrected chi connectivity index (χ4v) is 4.01. The van der Waals surface area contributed by atoms with E-state index in [1.54, 1.807) is 31.2 Å². The van der Waals surface area contributed by atoms with Gasteiger partial charge < -0.3 is 19.1 Å². The van der Waals surface area contributed by atoms with Crippen LogP contribution in [0.1, 0.15) is 13.3 Å². The van der Waals surface area contributed by atoms with Crippen molar-refractivity contribution in [1.82, 2.24) is 10.9 Å². The number of carbonyl (C=O) groups excluding carboxylic acids is 3. The summed E-state index contributed by atoms with van der Waals surface area (Å²) in [7, 11) is 0. The van der Waals surface area contributed by atoms with Gasteiger partial charge in [0.25, 0.3) is 5.91 Å². The molecular formula is C25H23N3O6. The van der Waals surface area contributed by atoms with E-state index < -0.39 is 23.8 Å². The molecule has 0 aromatic heterocycles. The molecule has 2 N–H and O–H groups in total. The predicted octanol–water partition coefficient (Wildman–Crippen LogP) is 2.54. The SMILES string of the molecule is C[C@H](Oc1ccc2ccccc2c1)C(=O)NNC(=O)[C@@H]1CC(=O)N(c2ccc3c(c2)OCO3)C1. The Morgan fingerprint density at radius 3 is 2.65 bits per heavy atom. The van der Waals surface area contributed by atoms with E-state index in [2.05, 4.69) is 10.9 Å². The summed E-state index contributed by atoms with van der Waals surface area (Å²) in [4.78, 5) is 39.1. The van der Waals surface area contributed by atoms with Crippen molar-refractivity contribution in [3.8, 4) is 17.2 Å². The lowest BCUT2D eigenvalue weighted by atomic mass is 10.1. The maximum Gasteiger partial charge on any atom is 0.279 e. The second-order valence-electron chi connectivity index (χ2n) is 8.19. The van der Waals surface area contributed by atoms with Gasteiger partial charge in [-0.1, -0.05) is 30.3 Å². The third-order valence-corrected chi connectivity index (χ3v) is 5.88. The molecule has 2 aliphatic rings. The van der Waals surface area contributed by atoms with E-state index >= 15 is 0 Å². The van der Waals surface area contributed by atoms with Gasteiger partial charge in [0.1, 0.15) is 5.75 Å². The van der Waals surface area contributed by atoms with Crippen LogP contribution in [0.15, 0.2) is 60.7 Å². The number of benzene rings is 3. The van der Waals surface area contributed by atoms with E-state index in [1.807, 2.05) is 36.4 Å². The molecule has 5 rings (SSSR count). The fourth-order valence-electron chi connectivity index (χ4n) is 4.01. The van der Waals surface area contributed by atoms with Crippen LogP contribution in [0, 0.1) is 5.92 Å². The molecule has 9 heteroatoms. The van der Waals surface area contributed by atoms with Crippen LogP contribution in [0.4, 0.5) is 5.69 Å². The maximum atomic E-state index is 12.6. The number of fused-ring (bicyclic) bond motifs is 2. The monoisotopic (exact) mass is 461 g/mol. The number of ether oxygens (including phenoxy) is 3. The Balaban J connectivity index is 1.14. The molecule has 2 aliphatic heterocycles. The van der Waals surface area contributed by atoms with Crippen molar-refractivity contribution in [1.29, 1.82) is 0 Å². The van der Waals surface area contributed by atoms with Gasteiger partial charge in [0.05, 0.1) is 5.92 Å². The summed E-state index contributed by atoms with van der Waals surface area (Å²) >= 11 is 0. The Morgan fingerprint density at radius 1 is 1.00 bits per heavy atom. The molecule has 0 aliphatic carbocycles. The number of carbonyl (C=O) groups is 3. The van der Waals surface area contributed by atoms with Crippen LogP contribution in [0.2, 0.25) is 0 Å². The third-order valence-electron chi connectivity index (χ3n) is 5.88. The summed E-state index contributed by atoms with van der Waals surface area (Å²) in [5.74, 6) is 0.00122. The minimum atomic E-state index is -0.836. The first-order valence-corrected chi connectivity index (χ1v) is 10.9. The number of amides is 3. The molecule has 1 fully saturated rings. The molecule has 0 saturated carbocycles. The van der Waals surface area contributed by atoms with Gasteiger partial charge in [0, 0.05) is 24.7 Å². The van der Waals surface area contributed by atoms with Gasteiger partial charge in [0.2, 0.25) is 18.6 Å². The van der Waals surface area contributed by atoms with Crippen molar-refractivity contribution in [2.24, 2.45) is 5.92 Å². The van der Waals surface area contributed by atoms with Gasteiger partial charge in [-0.25, -0.2) is 0 Å². The molecule has 2 atom stereocenters. The van der Waals surface area contributed by atoms with Crippen molar-refractivity contribution in [3.63, 3.8) is 0 Å². The molecule has 0 unspecified atom stereocenters. The lowest BCUT2D eigenvalue weighted by Gasteiger charge is -2.18. The van der Waals surface area contributed by atoms with E-state index in [4.69, 9.17) is 14.2 Å². The van der Waals surface area contributed by atoms with E-state index in [0.717, 1.165) is 10.8 Å². The first-order chi connectivity index (χ1) is 16.5. The van der Waals surface area contributed by atoms with Gasteiger partial charge in [0.15, 0.2) is 17.6 Å². The second kappa shape index (κ2) is 8.93. The highest BCUT2D eigenvalue weighted by Gasteiger charge is 2.36. The minimum absolute atomic E-state index is 0.0410. The van der Waals surface area contributed by atoms with Gasteiger partial charge in [-0.2, -0.15) is 0 Å². The van der Waals surface area contributed by atoms with Crippen LogP contribution >= 0.6 is 0 Å². The molecule has 0 spiro atoms. The standard InChI is InChI=1S/C25H23N3O6/c1-15(34-20-8-6-16-4-2-3-5-17(16)10-20)24(30)26-27-25(31)18-11-23(29)28(13-18)19-7-9-21-22(12-19)33-14-32-21/h2-10,12,15,18H,11,13-14H2,1H3,(H,26,30)(H,27,31)/t15-,18+/m0/s1. The van der Waals surface area contributed by atoms with Gasteiger partial charge >= 0.3 is 0 Å². The van der Waals surface area contributed by atoms with E-state index in [0.29, 0.717) is 22.9 Å². The van der Waals surface area contributed by atoms with E-state index in [-0.39, 0.29) is 25.7 Å². The van der Waals surface area contributed by atoms with Crippen molar-refractivity contribution in [2.45, 2.75) is 19.4 Å². The number of rotatable bonds is 5. The Bertz CT molecular complexity index is 1280. The van der Waals surface area contributed by atoms with Crippen LogP contribution in [-0.4, -0.2) is 37.2 Å². The highest BCUT2D eigenvalue weighted by molar-refractivity contribution is 6.00. The molecule has 9 nitrogen and oxygen atoms in total. The fraction of sp³-hybridized carbons (Fsp3) is 0.240. The number of anilines is 1. The average Bonchev–Trinajstić information content (AvgIpc) is 3.48. The van der Waals surface area contributed by atoms with Gasteiger partial charge in [-0.15, -0.1) is 0 Å². The summed E-state index contributed by atoms with van der Waals surface area (Å²) in [6.07, 6.45) is -0.795. The van der Waals surface area contributed by atoms with Crippen LogP contribution in [0.25, 0.3) is 10.8 Å². The summed E-state index contributed by atoms with van der Waals surface area (Å²) in [5, 5.41) is 2.07. The Morgan fingerprint density at radius 2 is 1.79 bits per heavy atom. The largest absolute Gasteiger partial charge is 0.481 e. The zero-order chi connectivity index (χ0) is 23.7. The van der Waals surface area contributed by atoms with Crippen LogP contribution in [-0.2, 0) is 14.4 Å². The molecule has 3 aromatic carbocycles. The highest BCUT2D eigenvalue weighted by Crippen LogP contribution is 2.37. The quantitative estimate of drug-likeness (QED) is 0.566. The number of hydrogen-bond acceptors (Lipinski definition) is 6. The lowest BCUT2D eigenvalue weighted by Crippen LogP contribution is -2.49. The zero-order valence-corrected chi connectivity index (χ0v) is 18.4. The highest BCUT2D eigenvalue weighted by atomic mass is 16.7. The number of nitrogens with zero attached hydrogens (tertiary/aromatic N) is 1. The van der Waals surface area contributed by atoms with Crippen molar-refractivity contribution in [3.05, 3.63) is 60.7 Å². The molecule has 174 valence electrons. The maximum absolute atomic E-state index is 12.6. The third kappa shape index (κ3) is 4.32. The van der Waals surface area contributed by atoms with Crippen LogP contribution in [0.3, 0.4) is 0 Å². The summed E-state index contributed by atoms with van der Waals surface area (Å²) < 4.78 is 16.4. The Kier molecular flexibility index (Phi) is 5.67. The molecule has 0 bridgehead atoms. The Labute approximate surface area is 195 Å². The zero-order valence-electron chi connectivity index (χ0n) is 18.4. The number of hydrazine groups is 1. The molecule has 34 heavy (non-hydrogen) atoms. The Hall–Kier alpha value is -4.27. The summed E-state index contributed by atoms with van der Waals surface area (Å²) in [6.45, 7) is 1.93. The van der Waals surface area contributed by atoms with Gasteiger partial charge in [-0.05, 0) is 42.0 Å². The van der Waals surface area contributed by atoms with Crippen molar-refractivity contribution in [2.75, 3.05) is 18.2 Å². The summed E-state index contributed by atoms with van der Waals surface area (Å²) in [6, 6.07) is 18.6. The van der Waals surface area contributed by atoms with Crippen LogP contribution < -0.4 is 30.0 Å². The average molecular weight is 461 g/mol. The molecular weight excluding hydrogens is 438 g/mol. The molecule has 2 heterocycles. The normalized spacial score (nSPS) is 17.5. The first kappa shape index (κ1) is 21.6.